The van der Waals surface area contributed by atoms with Gasteiger partial charge >= 0.3 is 0 Å². The van der Waals surface area contributed by atoms with Crippen molar-refractivity contribution in [2.24, 2.45) is 5.10 Å². The fourth-order valence-electron chi connectivity index (χ4n) is 3.35. The van der Waals surface area contributed by atoms with Crippen LogP contribution in [-0.2, 0) is 6.61 Å². The first-order valence-corrected chi connectivity index (χ1v) is 10.4. The number of amides is 1. The Morgan fingerprint density at radius 3 is 2.36 bits per heavy atom. The number of hydrogen-bond donors (Lipinski definition) is 1. The van der Waals surface area contributed by atoms with Gasteiger partial charge in [0.2, 0.25) is 0 Å². The number of carbonyl (C=O) groups excluding carboxylic acids is 1. The van der Waals surface area contributed by atoms with Crippen molar-refractivity contribution in [1.82, 2.24) is 5.43 Å². The number of carbonyl (C=O) groups is 1. The van der Waals surface area contributed by atoms with Gasteiger partial charge in [-0.3, -0.25) is 4.79 Å². The molecule has 6 nitrogen and oxygen atoms in total. The van der Waals surface area contributed by atoms with Crippen LogP contribution < -0.4 is 19.6 Å². The van der Waals surface area contributed by atoms with Crippen molar-refractivity contribution >= 4 is 22.9 Å². The van der Waals surface area contributed by atoms with Gasteiger partial charge in [0.15, 0.2) is 11.5 Å². The molecule has 0 unspecified atom stereocenters. The molecule has 4 aromatic carbocycles. The summed E-state index contributed by atoms with van der Waals surface area (Å²) in [5, 5.41) is 6.44. The maximum absolute atomic E-state index is 12.3. The smallest absolute Gasteiger partial charge is 0.271 e. The minimum absolute atomic E-state index is 0.345. The molecule has 0 bridgehead atoms. The molecule has 1 amide bonds. The molecule has 6 heteroatoms. The van der Waals surface area contributed by atoms with Crippen LogP contribution in [0.25, 0.3) is 10.8 Å². The van der Waals surface area contributed by atoms with E-state index >= 15 is 0 Å². The lowest BCUT2D eigenvalue weighted by Gasteiger charge is -2.08. The second-order valence-corrected chi connectivity index (χ2v) is 7.31. The molecule has 0 fully saturated rings. The summed E-state index contributed by atoms with van der Waals surface area (Å²) in [5.41, 5.74) is 4.88. The lowest BCUT2D eigenvalue weighted by Crippen LogP contribution is -2.17. The third-order valence-corrected chi connectivity index (χ3v) is 5.12. The zero-order valence-electron chi connectivity index (χ0n) is 18.4. The Balaban J connectivity index is 1.32. The van der Waals surface area contributed by atoms with Crippen molar-refractivity contribution in [3.63, 3.8) is 0 Å². The second kappa shape index (κ2) is 10.3. The summed E-state index contributed by atoms with van der Waals surface area (Å²) in [4.78, 5) is 12.3. The monoisotopic (exact) mass is 440 g/mol. The Morgan fingerprint density at radius 1 is 0.848 bits per heavy atom. The molecule has 0 saturated heterocycles. The highest BCUT2D eigenvalue weighted by Crippen LogP contribution is 2.27. The van der Waals surface area contributed by atoms with Crippen molar-refractivity contribution in [2.45, 2.75) is 6.61 Å². The lowest BCUT2D eigenvalue weighted by molar-refractivity contribution is 0.0954. The number of nitrogens with zero attached hydrogens (tertiary/aromatic N) is 1. The highest BCUT2D eigenvalue weighted by molar-refractivity contribution is 5.95. The molecule has 166 valence electrons. The van der Waals surface area contributed by atoms with Gasteiger partial charge in [-0.05, 0) is 70.4 Å². The van der Waals surface area contributed by atoms with Gasteiger partial charge in [-0.15, -0.1) is 0 Å². The molecule has 1 N–H and O–H groups in total. The van der Waals surface area contributed by atoms with Crippen LogP contribution >= 0.6 is 0 Å². The third-order valence-electron chi connectivity index (χ3n) is 5.12. The molecular weight excluding hydrogens is 416 g/mol. The summed E-state index contributed by atoms with van der Waals surface area (Å²) < 4.78 is 16.3. The molecule has 33 heavy (non-hydrogen) atoms. The molecule has 0 heterocycles. The third kappa shape index (κ3) is 5.49. The van der Waals surface area contributed by atoms with Gasteiger partial charge < -0.3 is 14.2 Å². The van der Waals surface area contributed by atoms with Crippen molar-refractivity contribution in [3.8, 4) is 17.2 Å². The quantitative estimate of drug-likeness (QED) is 0.302. The summed E-state index contributed by atoms with van der Waals surface area (Å²) in [7, 11) is 3.06. The Kier molecular flexibility index (Phi) is 6.85. The van der Waals surface area contributed by atoms with E-state index in [2.05, 4.69) is 40.9 Å². The highest BCUT2D eigenvalue weighted by Gasteiger charge is 2.10. The second-order valence-electron chi connectivity index (χ2n) is 7.31. The number of rotatable bonds is 8. The van der Waals surface area contributed by atoms with Crippen LogP contribution in [0.4, 0.5) is 0 Å². The highest BCUT2D eigenvalue weighted by atomic mass is 16.5. The average molecular weight is 440 g/mol. The van der Waals surface area contributed by atoms with Crippen molar-refractivity contribution in [1.29, 1.82) is 0 Å². The molecule has 0 spiro atoms. The Labute approximate surface area is 192 Å². The topological polar surface area (TPSA) is 69.2 Å². The van der Waals surface area contributed by atoms with E-state index in [4.69, 9.17) is 14.2 Å². The van der Waals surface area contributed by atoms with Gasteiger partial charge in [0.05, 0.1) is 20.4 Å². The first-order valence-electron chi connectivity index (χ1n) is 10.4. The van der Waals surface area contributed by atoms with E-state index in [0.29, 0.717) is 23.7 Å². The largest absolute Gasteiger partial charge is 0.493 e. The number of nitrogens with one attached hydrogen (secondary N) is 1. The van der Waals surface area contributed by atoms with E-state index in [1.165, 1.54) is 17.9 Å². The minimum Gasteiger partial charge on any atom is -0.493 e. The first kappa shape index (κ1) is 21.9. The van der Waals surface area contributed by atoms with Crippen LogP contribution in [0.3, 0.4) is 0 Å². The maximum Gasteiger partial charge on any atom is 0.271 e. The van der Waals surface area contributed by atoms with Crippen molar-refractivity contribution in [2.75, 3.05) is 14.2 Å². The molecule has 0 aliphatic heterocycles. The number of fused-ring (bicyclic) bond motifs is 1. The molecule has 0 aliphatic carbocycles. The Morgan fingerprint density at radius 2 is 1.61 bits per heavy atom. The minimum atomic E-state index is -0.345. The summed E-state index contributed by atoms with van der Waals surface area (Å²) in [5.74, 6) is 1.45. The van der Waals surface area contributed by atoms with Crippen LogP contribution in [0.5, 0.6) is 17.2 Å². The molecule has 0 atom stereocenters. The van der Waals surface area contributed by atoms with Gasteiger partial charge in [0.25, 0.3) is 5.91 Å². The average Bonchev–Trinajstić information content (AvgIpc) is 2.87. The normalized spacial score (nSPS) is 10.8. The van der Waals surface area contributed by atoms with E-state index in [0.717, 1.165) is 16.9 Å². The summed E-state index contributed by atoms with van der Waals surface area (Å²) >= 11 is 0. The summed E-state index contributed by atoms with van der Waals surface area (Å²) in [6.45, 7) is 0.486. The fraction of sp³-hybridized carbons (Fsp3) is 0.111. The molecule has 4 rings (SSSR count). The van der Waals surface area contributed by atoms with Crippen molar-refractivity contribution in [3.05, 3.63) is 102 Å². The molecular formula is C27H24N2O4. The summed E-state index contributed by atoms with van der Waals surface area (Å²) in [6, 6.07) is 27.0. The molecule has 0 radical (unpaired) electrons. The number of benzene rings is 4. The number of hydrogen-bond acceptors (Lipinski definition) is 5. The first-order chi connectivity index (χ1) is 16.2. The predicted molar refractivity (Wildman–Crippen MR) is 129 cm³/mol. The Bertz CT molecular complexity index is 1280. The lowest BCUT2D eigenvalue weighted by atomic mass is 10.1. The number of hydrazone groups is 1. The molecule has 0 aliphatic rings. The fourth-order valence-corrected chi connectivity index (χ4v) is 3.35. The number of ether oxygens (including phenoxy) is 3. The van der Waals surface area contributed by atoms with E-state index in [1.807, 2.05) is 36.4 Å². The van der Waals surface area contributed by atoms with Crippen LogP contribution in [0, 0.1) is 0 Å². The van der Waals surface area contributed by atoms with Gasteiger partial charge in [-0.25, -0.2) is 5.43 Å². The van der Waals surface area contributed by atoms with E-state index < -0.39 is 0 Å². The van der Waals surface area contributed by atoms with Gasteiger partial charge in [-0.2, -0.15) is 5.10 Å². The van der Waals surface area contributed by atoms with E-state index in [-0.39, 0.29) is 5.91 Å². The van der Waals surface area contributed by atoms with Crippen LogP contribution in [-0.4, -0.2) is 26.3 Å². The zero-order chi connectivity index (χ0) is 23.0. The molecule has 4 aromatic rings. The van der Waals surface area contributed by atoms with Crippen LogP contribution in [0.15, 0.2) is 90.0 Å². The van der Waals surface area contributed by atoms with Gasteiger partial charge in [0, 0.05) is 5.56 Å². The maximum atomic E-state index is 12.3. The van der Waals surface area contributed by atoms with Gasteiger partial charge in [-0.1, -0.05) is 36.4 Å². The SMILES string of the molecule is COc1ccc(C(=O)NN=Cc2ccc(OCc3ccc4ccccc4c3)cc2)cc1OC. The van der Waals surface area contributed by atoms with Crippen LogP contribution in [0.2, 0.25) is 0 Å². The standard InChI is InChI=1S/C27H24N2O4/c1-31-25-14-11-23(16-26(25)32-2)27(30)29-28-17-19-8-12-24(13-9-19)33-18-20-7-10-21-5-3-4-6-22(21)15-20/h3-17H,18H2,1-2H3,(H,29,30). The van der Waals surface area contributed by atoms with E-state index in [9.17, 15) is 4.79 Å². The van der Waals surface area contributed by atoms with Crippen LogP contribution in [0.1, 0.15) is 21.5 Å². The number of methoxy groups -OCH3 is 2. The van der Waals surface area contributed by atoms with Gasteiger partial charge in [0.1, 0.15) is 12.4 Å². The summed E-state index contributed by atoms with van der Waals surface area (Å²) in [6.07, 6.45) is 1.58. The van der Waals surface area contributed by atoms with E-state index in [1.54, 1.807) is 31.5 Å². The predicted octanol–water partition coefficient (Wildman–Crippen LogP) is 5.20. The zero-order valence-corrected chi connectivity index (χ0v) is 18.4. The van der Waals surface area contributed by atoms with Crippen molar-refractivity contribution < 1.29 is 19.0 Å². The molecule has 0 aromatic heterocycles. The Hall–Kier alpha value is -4.32. The molecule has 0 saturated carbocycles.